The first kappa shape index (κ1) is 70.9. The standard InChI is InChI=1S/C63H79N13O16/c1-5-33(2)52(60(88)72-49(63(91)92)27-40-30-65-32-67-40)74-58(86)48(26-39-29-66-44-14-10-9-13-43(39)44)70-55(83)46(25-38-17-21-42(81)22-18-38)69-59(87)50(31-77)73-62(90)54(35(4)79)76-57(85)47(23-36-11-7-6-8-12-36)71-61(89)53(34(3)78)75-56(84)45(68-51(82)28-64)24-37-15-19-41(80)20-16-37/h6-22,29-30,32-35,45-50,52-54,66,77-81H,5,23-28,31,64H2,1-4H3,(H,65,67)(H,68,82)(H,69,87)(H,70,83)(H,71,89)(H,72,88)(H,73,90)(H,74,86)(H,75,84)(H,76,85)(H,91,92)/t33-,34+,35+,45-,46-,47-,48-,49-,50-,52-,53-,54-/m0/s1. The van der Waals surface area contributed by atoms with Crippen molar-refractivity contribution in [2.45, 2.75) is 133 Å². The third-order valence-corrected chi connectivity index (χ3v) is 15.2. The van der Waals surface area contributed by atoms with Crippen LogP contribution in [0.3, 0.4) is 0 Å². The number of carboxylic acids is 1. The van der Waals surface area contributed by atoms with Gasteiger partial charge >= 0.3 is 5.97 Å². The van der Waals surface area contributed by atoms with Gasteiger partial charge in [0.25, 0.3) is 0 Å². The van der Waals surface area contributed by atoms with Crippen molar-refractivity contribution in [1.29, 1.82) is 0 Å². The summed E-state index contributed by atoms with van der Waals surface area (Å²) in [6, 6.07) is 12.0. The number of carbonyl (C=O) groups excluding carboxylic acids is 9. The van der Waals surface area contributed by atoms with Crippen molar-refractivity contribution in [2.24, 2.45) is 11.7 Å². The number of aromatic amines is 2. The van der Waals surface area contributed by atoms with Crippen molar-refractivity contribution in [3.8, 4) is 11.5 Å². The number of rotatable bonds is 34. The van der Waals surface area contributed by atoms with Gasteiger partial charge in [-0.05, 0) is 72.4 Å². The van der Waals surface area contributed by atoms with Crippen LogP contribution < -0.4 is 53.6 Å². The van der Waals surface area contributed by atoms with Crippen molar-refractivity contribution in [3.05, 3.63) is 150 Å². The number of phenols is 2. The van der Waals surface area contributed by atoms with Crippen LogP contribution in [0.2, 0.25) is 0 Å². The molecular weight excluding hydrogens is 1190 g/mol. The molecule has 0 aliphatic rings. The summed E-state index contributed by atoms with van der Waals surface area (Å²) in [6.45, 7) is 4.08. The largest absolute Gasteiger partial charge is 0.508 e. The van der Waals surface area contributed by atoms with Gasteiger partial charge in [-0.3, -0.25) is 43.2 Å². The van der Waals surface area contributed by atoms with Crippen LogP contribution >= 0.6 is 0 Å². The molecule has 6 rings (SSSR count). The van der Waals surface area contributed by atoms with Gasteiger partial charge in [-0.25, -0.2) is 9.78 Å². The van der Waals surface area contributed by atoms with Gasteiger partial charge in [0.15, 0.2) is 0 Å². The number of aliphatic hydroxyl groups excluding tert-OH is 3. The lowest BCUT2D eigenvalue weighted by molar-refractivity contribution is -0.142. The SMILES string of the molecule is CC[C@H](C)[C@H](NC(=O)[C@H](Cc1c[nH]c2ccccc12)NC(=O)[C@H](Cc1ccc(O)cc1)NC(=O)[C@H](CO)NC(=O)[C@@H](NC(=O)[C@H](Cc1ccccc1)NC(=O)[C@@H](NC(=O)[C@H](Cc1ccc(O)cc1)NC(=O)CN)[C@@H](C)O)[C@@H](C)O)C(=O)N[C@@H](Cc1cnc[nH]1)C(=O)O. The lowest BCUT2D eigenvalue weighted by atomic mass is 9.96. The van der Waals surface area contributed by atoms with Crippen LogP contribution in [0.4, 0.5) is 0 Å². The van der Waals surface area contributed by atoms with E-state index >= 15 is 0 Å². The number of aliphatic carboxylic acids is 1. The van der Waals surface area contributed by atoms with Crippen LogP contribution in [-0.2, 0) is 80.0 Å². The Bertz CT molecular complexity index is 3480. The number of benzene rings is 4. The molecule has 2 heterocycles. The molecule has 0 bridgehead atoms. The van der Waals surface area contributed by atoms with Gasteiger partial charge in [0.05, 0.1) is 31.7 Å². The van der Waals surface area contributed by atoms with Crippen LogP contribution in [0.15, 0.2) is 122 Å². The Hall–Kier alpha value is -10.2. The van der Waals surface area contributed by atoms with Crippen LogP contribution in [0, 0.1) is 5.92 Å². The van der Waals surface area contributed by atoms with E-state index in [-0.39, 0.29) is 43.6 Å². The summed E-state index contributed by atoms with van der Waals surface area (Å²) in [6.07, 6.45) is 0.215. The smallest absolute Gasteiger partial charge is 0.326 e. The van der Waals surface area contributed by atoms with E-state index in [0.717, 1.165) is 6.92 Å². The first-order valence-electron chi connectivity index (χ1n) is 29.6. The first-order valence-corrected chi connectivity index (χ1v) is 29.6. The third kappa shape index (κ3) is 20.7. The van der Waals surface area contributed by atoms with Crippen LogP contribution in [-0.4, -0.2) is 184 Å². The normalized spacial score (nSPS) is 15.1. The quantitative estimate of drug-likeness (QED) is 0.0208. The van der Waals surface area contributed by atoms with Crippen molar-refractivity contribution >= 4 is 70.0 Å². The van der Waals surface area contributed by atoms with E-state index in [1.165, 1.54) is 68.0 Å². The van der Waals surface area contributed by atoms with E-state index in [9.17, 15) is 78.6 Å². The molecule has 492 valence electrons. The number of aromatic nitrogens is 3. The molecule has 92 heavy (non-hydrogen) atoms. The Balaban J connectivity index is 1.22. The van der Waals surface area contributed by atoms with Gasteiger partial charge in [0.1, 0.15) is 65.9 Å². The number of carboxylic acid groups (broad SMARTS) is 1. The maximum Gasteiger partial charge on any atom is 0.326 e. The molecule has 0 saturated heterocycles. The maximum atomic E-state index is 14.8. The number of carbonyl (C=O) groups is 10. The predicted octanol–water partition coefficient (Wildman–Crippen LogP) is -1.98. The molecule has 0 aliphatic heterocycles. The Morgan fingerprint density at radius 1 is 0.489 bits per heavy atom. The highest BCUT2D eigenvalue weighted by molar-refractivity contribution is 5.99. The summed E-state index contributed by atoms with van der Waals surface area (Å²) in [7, 11) is 0. The molecular formula is C63H79N13O16. The van der Waals surface area contributed by atoms with Gasteiger partial charge in [0.2, 0.25) is 53.2 Å². The average Bonchev–Trinajstić information content (AvgIpc) is 1.64. The number of nitrogens with zero attached hydrogens (tertiary/aromatic N) is 1. The number of aliphatic hydroxyl groups is 3. The number of amides is 9. The van der Waals surface area contributed by atoms with E-state index < -0.39 is 145 Å². The molecule has 4 aromatic carbocycles. The molecule has 2 aromatic heterocycles. The number of imidazole rings is 1. The van der Waals surface area contributed by atoms with E-state index in [0.29, 0.717) is 45.3 Å². The lowest BCUT2D eigenvalue weighted by Gasteiger charge is -2.29. The first-order chi connectivity index (χ1) is 43.9. The van der Waals surface area contributed by atoms with Crippen LogP contribution in [0.1, 0.15) is 62.1 Å². The molecule has 0 spiro atoms. The van der Waals surface area contributed by atoms with E-state index in [1.807, 2.05) is 0 Å². The van der Waals surface area contributed by atoms with Gasteiger partial charge in [-0.15, -0.1) is 0 Å². The Kier molecular flexibility index (Phi) is 26.3. The van der Waals surface area contributed by atoms with Gasteiger partial charge < -0.3 is 94.2 Å². The second kappa shape index (κ2) is 34.1. The average molecular weight is 1270 g/mol. The molecule has 0 aliphatic carbocycles. The minimum absolute atomic E-state index is 0.0669. The highest BCUT2D eigenvalue weighted by atomic mass is 16.4. The molecule has 0 radical (unpaired) electrons. The molecule has 29 heteroatoms. The molecule has 0 fully saturated rings. The van der Waals surface area contributed by atoms with Gasteiger partial charge in [-0.2, -0.15) is 0 Å². The predicted molar refractivity (Wildman–Crippen MR) is 332 cm³/mol. The van der Waals surface area contributed by atoms with Crippen molar-refractivity contribution in [1.82, 2.24) is 62.8 Å². The van der Waals surface area contributed by atoms with E-state index in [2.05, 4.69) is 62.8 Å². The lowest BCUT2D eigenvalue weighted by Crippen LogP contribution is -2.63. The maximum absolute atomic E-state index is 14.8. The zero-order chi connectivity index (χ0) is 67.2. The number of hydrogen-bond donors (Lipinski definition) is 18. The fourth-order valence-corrected chi connectivity index (χ4v) is 9.81. The minimum Gasteiger partial charge on any atom is -0.508 e. The topological polar surface area (TPSA) is 471 Å². The molecule has 19 N–H and O–H groups in total. The second-order valence-corrected chi connectivity index (χ2v) is 22.3. The molecule has 12 atom stereocenters. The monoisotopic (exact) mass is 1270 g/mol. The fraction of sp³-hybridized carbons (Fsp3) is 0.381. The Morgan fingerprint density at radius 3 is 1.39 bits per heavy atom. The highest BCUT2D eigenvalue weighted by Gasteiger charge is 2.38. The summed E-state index contributed by atoms with van der Waals surface area (Å²) < 4.78 is 0. The Morgan fingerprint density at radius 2 is 0.913 bits per heavy atom. The summed E-state index contributed by atoms with van der Waals surface area (Å²) in [5.74, 6) is -11.2. The summed E-state index contributed by atoms with van der Waals surface area (Å²) >= 11 is 0. The zero-order valence-corrected chi connectivity index (χ0v) is 50.9. The molecule has 29 nitrogen and oxygen atoms in total. The number of fused-ring (bicyclic) bond motifs is 1. The van der Waals surface area contributed by atoms with E-state index in [4.69, 9.17) is 5.73 Å². The third-order valence-electron chi connectivity index (χ3n) is 15.2. The highest BCUT2D eigenvalue weighted by Crippen LogP contribution is 2.21. The Labute approximate surface area is 528 Å². The number of phenolic OH excluding ortho intramolecular Hbond substituents is 2. The molecule has 0 saturated carbocycles. The number of hydrogen-bond acceptors (Lipinski definition) is 17. The minimum atomic E-state index is -1.92. The number of nitrogens with one attached hydrogen (secondary N) is 11. The van der Waals surface area contributed by atoms with Crippen LogP contribution in [0.5, 0.6) is 11.5 Å². The molecule has 6 aromatic rings. The second-order valence-electron chi connectivity index (χ2n) is 22.3. The number of H-pyrrole nitrogens is 2. The van der Waals surface area contributed by atoms with Crippen molar-refractivity contribution in [3.63, 3.8) is 0 Å². The van der Waals surface area contributed by atoms with Gasteiger partial charge in [-0.1, -0.05) is 93.1 Å². The van der Waals surface area contributed by atoms with Crippen LogP contribution in [0.25, 0.3) is 10.9 Å². The molecule has 9 amide bonds. The van der Waals surface area contributed by atoms with Gasteiger partial charge in [0, 0.05) is 61.1 Å². The van der Waals surface area contributed by atoms with Crippen molar-refractivity contribution in [2.75, 3.05) is 13.2 Å². The molecule has 0 unspecified atom stereocenters. The summed E-state index contributed by atoms with van der Waals surface area (Å²) in [5, 5.41) is 85.6. The van der Waals surface area contributed by atoms with Crippen molar-refractivity contribution < 1.29 is 78.6 Å². The van der Waals surface area contributed by atoms with E-state index in [1.54, 1.807) is 74.6 Å². The fourth-order valence-electron chi connectivity index (χ4n) is 9.81. The zero-order valence-electron chi connectivity index (χ0n) is 50.9. The number of nitrogens with two attached hydrogens (primary N) is 1. The number of aromatic hydroxyl groups is 2. The number of para-hydroxylation sites is 1. The summed E-state index contributed by atoms with van der Waals surface area (Å²) in [5.41, 5.74) is 8.47. The summed E-state index contributed by atoms with van der Waals surface area (Å²) in [4.78, 5) is 149.